The Labute approximate surface area is 118 Å². The smallest absolute Gasteiger partial charge is 0.135 e. The van der Waals surface area contributed by atoms with E-state index in [1.807, 2.05) is 33.3 Å². The van der Waals surface area contributed by atoms with Crippen molar-refractivity contribution >= 4 is 17.4 Å². The molecule has 19 heavy (non-hydrogen) atoms. The minimum Gasteiger partial charge on any atom is -0.370 e. The van der Waals surface area contributed by atoms with Crippen molar-refractivity contribution in [3.8, 4) is 0 Å². The molecule has 0 fully saturated rings. The number of aromatic nitrogens is 4. The molecular weight excluding hydrogens is 262 g/mol. The number of halogens is 1. The topological polar surface area (TPSA) is 55.6 Å². The Hall–Kier alpha value is -1.62. The van der Waals surface area contributed by atoms with E-state index in [0.717, 1.165) is 24.6 Å². The number of anilines is 1. The fourth-order valence-electron chi connectivity index (χ4n) is 1.72. The Morgan fingerprint density at radius 1 is 1.37 bits per heavy atom. The van der Waals surface area contributed by atoms with Crippen LogP contribution in [-0.4, -0.2) is 26.3 Å². The van der Waals surface area contributed by atoms with Crippen LogP contribution in [0.3, 0.4) is 0 Å². The Balaban J connectivity index is 1.95. The summed E-state index contributed by atoms with van der Waals surface area (Å²) >= 11 is 5.99. The number of hydrogen-bond acceptors (Lipinski definition) is 4. The first-order chi connectivity index (χ1) is 9.04. The van der Waals surface area contributed by atoms with Gasteiger partial charge in [0.2, 0.25) is 0 Å². The lowest BCUT2D eigenvalue weighted by Crippen LogP contribution is -2.08. The van der Waals surface area contributed by atoms with Crippen molar-refractivity contribution < 1.29 is 0 Å². The van der Waals surface area contributed by atoms with E-state index in [1.165, 1.54) is 5.56 Å². The van der Waals surface area contributed by atoms with Crippen LogP contribution < -0.4 is 5.32 Å². The summed E-state index contributed by atoms with van der Waals surface area (Å²) in [6, 6.07) is 1.75. The lowest BCUT2D eigenvalue weighted by molar-refractivity contribution is 0.766. The molecule has 2 rings (SSSR count). The van der Waals surface area contributed by atoms with Gasteiger partial charge in [-0.2, -0.15) is 5.10 Å². The molecule has 0 saturated carbocycles. The van der Waals surface area contributed by atoms with E-state index < -0.39 is 0 Å². The molecule has 102 valence electrons. The number of nitrogens with one attached hydrogen (secondary N) is 1. The lowest BCUT2D eigenvalue weighted by Gasteiger charge is -2.09. The van der Waals surface area contributed by atoms with Gasteiger partial charge in [-0.15, -0.1) is 0 Å². The second-order valence-electron chi connectivity index (χ2n) is 4.79. The third kappa shape index (κ3) is 3.92. The average Bonchev–Trinajstić information content (AvgIpc) is 2.74. The van der Waals surface area contributed by atoms with Gasteiger partial charge in [0, 0.05) is 31.8 Å². The molecule has 0 unspecified atom stereocenters. The summed E-state index contributed by atoms with van der Waals surface area (Å²) in [7, 11) is 1.91. The van der Waals surface area contributed by atoms with E-state index in [-0.39, 0.29) is 5.92 Å². The van der Waals surface area contributed by atoms with Crippen LogP contribution >= 0.6 is 11.6 Å². The first-order valence-corrected chi connectivity index (χ1v) is 6.68. The van der Waals surface area contributed by atoms with Crippen molar-refractivity contribution in [3.05, 3.63) is 35.0 Å². The van der Waals surface area contributed by atoms with Crippen LogP contribution in [0.4, 0.5) is 5.82 Å². The van der Waals surface area contributed by atoms with Crippen LogP contribution in [0, 0.1) is 0 Å². The molecule has 0 bridgehead atoms. The molecule has 0 spiro atoms. The summed E-state index contributed by atoms with van der Waals surface area (Å²) in [5.41, 5.74) is 1.19. The average molecular weight is 280 g/mol. The minimum absolute atomic E-state index is 0.262. The molecule has 5 nitrogen and oxygen atoms in total. The maximum absolute atomic E-state index is 5.99. The van der Waals surface area contributed by atoms with E-state index in [9.17, 15) is 0 Å². The predicted molar refractivity (Wildman–Crippen MR) is 76.5 cm³/mol. The summed E-state index contributed by atoms with van der Waals surface area (Å²) in [5, 5.41) is 7.88. The van der Waals surface area contributed by atoms with Gasteiger partial charge in [0.15, 0.2) is 0 Å². The Morgan fingerprint density at radius 3 is 2.79 bits per heavy atom. The van der Waals surface area contributed by atoms with Crippen LogP contribution in [0.2, 0.25) is 5.15 Å². The predicted octanol–water partition coefficient (Wildman–Crippen LogP) is 2.64. The van der Waals surface area contributed by atoms with Gasteiger partial charge >= 0.3 is 0 Å². The standard InChI is InChI=1S/C13H18ClN5/c1-9(2)13-17-11(14)6-12(18-13)15-5-4-10-7-16-19(3)8-10/h6-9H,4-5H2,1-3H3,(H,15,17,18). The second kappa shape index (κ2) is 6.02. The molecule has 0 radical (unpaired) electrons. The van der Waals surface area contributed by atoms with Crippen LogP contribution in [0.25, 0.3) is 0 Å². The zero-order chi connectivity index (χ0) is 13.8. The van der Waals surface area contributed by atoms with E-state index in [4.69, 9.17) is 11.6 Å². The van der Waals surface area contributed by atoms with Gasteiger partial charge in [-0.05, 0) is 12.0 Å². The summed E-state index contributed by atoms with van der Waals surface area (Å²) in [6.45, 7) is 4.88. The number of nitrogens with zero attached hydrogens (tertiary/aromatic N) is 4. The van der Waals surface area contributed by atoms with Gasteiger partial charge in [0.05, 0.1) is 6.20 Å². The highest BCUT2D eigenvalue weighted by Crippen LogP contribution is 2.16. The summed E-state index contributed by atoms with van der Waals surface area (Å²) < 4.78 is 1.80. The van der Waals surface area contributed by atoms with Crippen molar-refractivity contribution in [2.24, 2.45) is 7.05 Å². The van der Waals surface area contributed by atoms with Gasteiger partial charge in [-0.1, -0.05) is 25.4 Å². The van der Waals surface area contributed by atoms with Crippen molar-refractivity contribution in [3.63, 3.8) is 0 Å². The van der Waals surface area contributed by atoms with E-state index in [2.05, 4.69) is 20.4 Å². The molecular formula is C13H18ClN5. The summed E-state index contributed by atoms with van der Waals surface area (Å²) in [4.78, 5) is 8.65. The van der Waals surface area contributed by atoms with Gasteiger partial charge in [0.1, 0.15) is 16.8 Å². The molecule has 0 amide bonds. The summed E-state index contributed by atoms with van der Waals surface area (Å²) in [5.74, 6) is 1.79. The Kier molecular flexibility index (Phi) is 4.37. The molecule has 1 N–H and O–H groups in total. The first-order valence-electron chi connectivity index (χ1n) is 6.30. The maximum Gasteiger partial charge on any atom is 0.135 e. The van der Waals surface area contributed by atoms with Crippen molar-refractivity contribution in [2.75, 3.05) is 11.9 Å². The molecule has 0 aliphatic rings. The largest absolute Gasteiger partial charge is 0.370 e. The molecule has 0 aliphatic carbocycles. The number of rotatable bonds is 5. The SMILES string of the molecule is CC(C)c1nc(Cl)cc(NCCc2cnn(C)c2)n1. The van der Waals surface area contributed by atoms with Crippen LogP contribution in [0.1, 0.15) is 31.2 Å². The van der Waals surface area contributed by atoms with Gasteiger partial charge < -0.3 is 5.32 Å². The van der Waals surface area contributed by atoms with Crippen molar-refractivity contribution in [2.45, 2.75) is 26.2 Å². The minimum atomic E-state index is 0.262. The maximum atomic E-state index is 5.99. The molecule has 2 aromatic rings. The fourth-order valence-corrected chi connectivity index (χ4v) is 1.91. The van der Waals surface area contributed by atoms with Gasteiger partial charge in [-0.25, -0.2) is 9.97 Å². The summed E-state index contributed by atoms with van der Waals surface area (Å²) in [6.07, 6.45) is 4.77. The monoisotopic (exact) mass is 279 g/mol. The first kappa shape index (κ1) is 13.8. The molecule has 0 aliphatic heterocycles. The molecule has 0 atom stereocenters. The third-order valence-corrected chi connectivity index (χ3v) is 2.90. The highest BCUT2D eigenvalue weighted by atomic mass is 35.5. The zero-order valence-electron chi connectivity index (χ0n) is 11.4. The molecule has 0 saturated heterocycles. The Bertz CT molecular complexity index is 550. The quantitative estimate of drug-likeness (QED) is 0.855. The Morgan fingerprint density at radius 2 is 2.16 bits per heavy atom. The molecule has 6 heteroatoms. The van der Waals surface area contributed by atoms with E-state index >= 15 is 0 Å². The van der Waals surface area contributed by atoms with Crippen LogP contribution in [-0.2, 0) is 13.5 Å². The normalized spacial score (nSPS) is 11.0. The van der Waals surface area contributed by atoms with E-state index in [0.29, 0.717) is 5.15 Å². The number of aryl methyl sites for hydroxylation is 1. The third-order valence-electron chi connectivity index (χ3n) is 2.71. The highest BCUT2D eigenvalue weighted by molar-refractivity contribution is 6.29. The van der Waals surface area contributed by atoms with E-state index in [1.54, 1.807) is 10.7 Å². The van der Waals surface area contributed by atoms with Gasteiger partial charge in [0.25, 0.3) is 0 Å². The molecule has 0 aromatic carbocycles. The molecule has 2 aromatic heterocycles. The van der Waals surface area contributed by atoms with Gasteiger partial charge in [-0.3, -0.25) is 4.68 Å². The number of hydrogen-bond donors (Lipinski definition) is 1. The highest BCUT2D eigenvalue weighted by Gasteiger charge is 2.06. The second-order valence-corrected chi connectivity index (χ2v) is 5.18. The zero-order valence-corrected chi connectivity index (χ0v) is 12.1. The molecule has 2 heterocycles. The van der Waals surface area contributed by atoms with Crippen molar-refractivity contribution in [1.29, 1.82) is 0 Å². The lowest BCUT2D eigenvalue weighted by atomic mass is 10.2. The van der Waals surface area contributed by atoms with Crippen molar-refractivity contribution in [1.82, 2.24) is 19.7 Å². The fraction of sp³-hybridized carbons (Fsp3) is 0.462. The van der Waals surface area contributed by atoms with Crippen LogP contribution in [0.15, 0.2) is 18.5 Å². The van der Waals surface area contributed by atoms with Crippen LogP contribution in [0.5, 0.6) is 0 Å².